The Morgan fingerprint density at radius 2 is 2.09 bits per heavy atom. The number of primary sulfonamides is 1. The van der Waals surface area contributed by atoms with Crippen molar-refractivity contribution < 1.29 is 17.2 Å². The lowest BCUT2D eigenvalue weighted by Crippen LogP contribution is -2.44. The maximum absolute atomic E-state index is 12.4. The summed E-state index contributed by atoms with van der Waals surface area (Å²) in [6.07, 6.45) is 0.0383. The Bertz CT molecular complexity index is 249. The van der Waals surface area contributed by atoms with Crippen molar-refractivity contribution >= 4 is 10.0 Å². The summed E-state index contributed by atoms with van der Waals surface area (Å²) in [6, 6.07) is 0. The van der Waals surface area contributed by atoms with Gasteiger partial charge < -0.3 is 0 Å². The Hall–Kier alpha value is -0.230. The normalized spacial score (nSPS) is 29.5. The molecule has 0 aliphatic heterocycles. The predicted octanol–water partition coefficient (Wildman–Crippen LogP) is 0.320. The first-order chi connectivity index (χ1) is 4.81. The molecule has 0 radical (unpaired) electrons. The highest BCUT2D eigenvalue weighted by molar-refractivity contribution is 7.89. The van der Waals surface area contributed by atoms with E-state index in [9.17, 15) is 17.2 Å². The third-order valence-corrected chi connectivity index (χ3v) is 2.72. The van der Waals surface area contributed by atoms with E-state index in [0.29, 0.717) is 0 Å². The van der Waals surface area contributed by atoms with Crippen molar-refractivity contribution in [3.8, 4) is 0 Å². The fourth-order valence-corrected chi connectivity index (χ4v) is 2.02. The average Bonchev–Trinajstić information content (AvgIpc) is 1.79. The smallest absolute Gasteiger partial charge is 0.229 e. The van der Waals surface area contributed by atoms with Gasteiger partial charge in [0.2, 0.25) is 10.0 Å². The van der Waals surface area contributed by atoms with Gasteiger partial charge in [0.25, 0.3) is 5.92 Å². The summed E-state index contributed by atoms with van der Waals surface area (Å²) in [6.45, 7) is 0. The third kappa shape index (κ3) is 2.10. The van der Waals surface area contributed by atoms with E-state index >= 15 is 0 Å². The quantitative estimate of drug-likeness (QED) is 0.673. The number of rotatable bonds is 2. The van der Waals surface area contributed by atoms with Crippen LogP contribution in [-0.4, -0.2) is 20.1 Å². The topological polar surface area (TPSA) is 60.2 Å². The van der Waals surface area contributed by atoms with Crippen molar-refractivity contribution in [1.82, 2.24) is 0 Å². The molecule has 1 aliphatic carbocycles. The van der Waals surface area contributed by atoms with E-state index in [1.807, 2.05) is 0 Å². The molecule has 0 bridgehead atoms. The van der Waals surface area contributed by atoms with E-state index < -0.39 is 27.6 Å². The summed E-state index contributed by atoms with van der Waals surface area (Å²) >= 11 is 0. The SMILES string of the molecule is NS(=O)(=O)CC1CCC1(F)F. The highest BCUT2D eigenvalue weighted by Gasteiger charge is 2.49. The summed E-state index contributed by atoms with van der Waals surface area (Å²) < 4.78 is 45.6. The molecule has 11 heavy (non-hydrogen) atoms. The van der Waals surface area contributed by atoms with Crippen LogP contribution in [-0.2, 0) is 10.0 Å². The van der Waals surface area contributed by atoms with Gasteiger partial charge in [0.1, 0.15) is 0 Å². The zero-order valence-electron chi connectivity index (χ0n) is 5.76. The molecule has 0 saturated heterocycles. The van der Waals surface area contributed by atoms with E-state index in [2.05, 4.69) is 5.14 Å². The minimum absolute atomic E-state index is 0.215. The molecule has 1 atom stereocenters. The summed E-state index contributed by atoms with van der Waals surface area (Å²) in [5.74, 6) is -4.47. The van der Waals surface area contributed by atoms with Crippen molar-refractivity contribution in [2.24, 2.45) is 11.1 Å². The Kier molecular flexibility index (Phi) is 1.92. The van der Waals surface area contributed by atoms with Gasteiger partial charge in [-0.05, 0) is 6.42 Å². The lowest BCUT2D eigenvalue weighted by Gasteiger charge is -2.35. The molecule has 3 nitrogen and oxygen atoms in total. The molecule has 6 heteroatoms. The molecule has 0 aromatic carbocycles. The van der Waals surface area contributed by atoms with Gasteiger partial charge in [-0.3, -0.25) is 0 Å². The second kappa shape index (κ2) is 2.38. The largest absolute Gasteiger partial charge is 0.251 e. The second-order valence-corrected chi connectivity index (χ2v) is 4.49. The lowest BCUT2D eigenvalue weighted by atomic mass is 9.82. The van der Waals surface area contributed by atoms with E-state index in [1.165, 1.54) is 0 Å². The highest BCUT2D eigenvalue weighted by atomic mass is 32.2. The minimum atomic E-state index is -3.74. The highest BCUT2D eigenvalue weighted by Crippen LogP contribution is 2.43. The Balaban J connectivity index is 2.53. The van der Waals surface area contributed by atoms with Gasteiger partial charge in [0.15, 0.2) is 0 Å². The Morgan fingerprint density at radius 3 is 2.18 bits per heavy atom. The second-order valence-electron chi connectivity index (χ2n) is 2.83. The van der Waals surface area contributed by atoms with Gasteiger partial charge in [-0.1, -0.05) is 0 Å². The minimum Gasteiger partial charge on any atom is -0.229 e. The van der Waals surface area contributed by atoms with Crippen molar-refractivity contribution in [3.63, 3.8) is 0 Å². The maximum atomic E-state index is 12.4. The average molecular weight is 185 g/mol. The number of hydrogen-bond acceptors (Lipinski definition) is 2. The van der Waals surface area contributed by atoms with Gasteiger partial charge in [0.05, 0.1) is 5.75 Å². The summed E-state index contributed by atoms with van der Waals surface area (Å²) in [7, 11) is -3.74. The monoisotopic (exact) mass is 185 g/mol. The zero-order chi connectivity index (χ0) is 8.70. The fourth-order valence-electron chi connectivity index (χ4n) is 1.05. The molecule has 1 fully saturated rings. The van der Waals surface area contributed by atoms with Crippen LogP contribution in [0.25, 0.3) is 0 Å². The summed E-state index contributed by atoms with van der Waals surface area (Å²) in [5, 5.41) is 4.61. The summed E-state index contributed by atoms with van der Waals surface area (Å²) in [5.41, 5.74) is 0. The van der Waals surface area contributed by atoms with E-state index in [1.54, 1.807) is 0 Å². The van der Waals surface area contributed by atoms with Crippen LogP contribution in [0, 0.1) is 5.92 Å². The van der Waals surface area contributed by atoms with Crippen molar-refractivity contribution in [3.05, 3.63) is 0 Å². The molecular formula is C5H9F2NO2S. The first kappa shape index (κ1) is 8.86. The fraction of sp³-hybridized carbons (Fsp3) is 1.00. The van der Waals surface area contributed by atoms with Crippen LogP contribution in [0.1, 0.15) is 12.8 Å². The van der Waals surface area contributed by atoms with Crippen LogP contribution in [0.3, 0.4) is 0 Å². The third-order valence-electron chi connectivity index (χ3n) is 1.86. The first-order valence-electron chi connectivity index (χ1n) is 3.19. The number of sulfonamides is 1. The molecule has 0 heterocycles. The number of nitrogens with two attached hydrogens (primary N) is 1. The molecule has 66 valence electrons. The molecule has 0 aromatic rings. The predicted molar refractivity (Wildman–Crippen MR) is 35.6 cm³/mol. The molecule has 0 spiro atoms. The van der Waals surface area contributed by atoms with Crippen LogP contribution in [0.2, 0.25) is 0 Å². The summed E-state index contributed by atoms with van der Waals surface area (Å²) in [4.78, 5) is 0. The van der Waals surface area contributed by atoms with Crippen LogP contribution >= 0.6 is 0 Å². The molecule has 2 N–H and O–H groups in total. The number of halogens is 2. The van der Waals surface area contributed by atoms with Gasteiger partial charge in [-0.2, -0.15) is 0 Å². The van der Waals surface area contributed by atoms with E-state index in [-0.39, 0.29) is 12.8 Å². The first-order valence-corrected chi connectivity index (χ1v) is 4.91. The van der Waals surface area contributed by atoms with Crippen molar-refractivity contribution in [2.45, 2.75) is 18.8 Å². The molecule has 1 aliphatic rings. The maximum Gasteiger partial charge on any atom is 0.251 e. The molecule has 1 saturated carbocycles. The van der Waals surface area contributed by atoms with Gasteiger partial charge in [-0.15, -0.1) is 0 Å². The van der Waals surface area contributed by atoms with Crippen molar-refractivity contribution in [2.75, 3.05) is 5.75 Å². The molecule has 1 unspecified atom stereocenters. The lowest BCUT2D eigenvalue weighted by molar-refractivity contribution is -0.122. The molecular weight excluding hydrogens is 176 g/mol. The van der Waals surface area contributed by atoms with Gasteiger partial charge in [-0.25, -0.2) is 22.3 Å². The van der Waals surface area contributed by atoms with Gasteiger partial charge >= 0.3 is 0 Å². The van der Waals surface area contributed by atoms with Gasteiger partial charge in [0, 0.05) is 12.3 Å². The molecule has 0 aromatic heterocycles. The van der Waals surface area contributed by atoms with Crippen LogP contribution in [0.4, 0.5) is 8.78 Å². The standard InChI is InChI=1S/C5H9F2NO2S/c6-5(7)2-1-4(5)3-11(8,9)10/h4H,1-3H2,(H2,8,9,10). The van der Waals surface area contributed by atoms with Crippen LogP contribution in [0.5, 0.6) is 0 Å². The van der Waals surface area contributed by atoms with Crippen molar-refractivity contribution in [1.29, 1.82) is 0 Å². The zero-order valence-corrected chi connectivity index (χ0v) is 6.57. The van der Waals surface area contributed by atoms with E-state index in [0.717, 1.165) is 0 Å². The van der Waals surface area contributed by atoms with Crippen LogP contribution < -0.4 is 5.14 Å². The number of hydrogen-bond donors (Lipinski definition) is 1. The molecule has 1 rings (SSSR count). The molecule has 0 amide bonds. The Labute approximate surface area is 63.6 Å². The number of alkyl halides is 2. The van der Waals surface area contributed by atoms with Crippen LogP contribution in [0.15, 0.2) is 0 Å². The van der Waals surface area contributed by atoms with E-state index in [4.69, 9.17) is 0 Å². The Morgan fingerprint density at radius 1 is 1.55 bits per heavy atom.